The van der Waals surface area contributed by atoms with Crippen LogP contribution in [0.3, 0.4) is 0 Å². The van der Waals surface area contributed by atoms with E-state index in [0.717, 1.165) is 24.4 Å². The lowest BCUT2D eigenvalue weighted by Crippen LogP contribution is -2.29. The van der Waals surface area contributed by atoms with Crippen molar-refractivity contribution in [3.05, 3.63) is 6.07 Å². The molecule has 8 heteroatoms. The van der Waals surface area contributed by atoms with E-state index in [0.29, 0.717) is 37.0 Å². The molecule has 0 aromatic carbocycles. The number of rotatable bonds is 9. The largest absolute Gasteiger partial charge is 0.475 e. The minimum Gasteiger partial charge on any atom is -0.475 e. The Hall–Kier alpha value is -2.06. The van der Waals surface area contributed by atoms with Crippen molar-refractivity contribution in [3.63, 3.8) is 0 Å². The number of nitrogens with zero attached hydrogens (tertiary/aromatic N) is 4. The van der Waals surface area contributed by atoms with Crippen LogP contribution < -0.4 is 15.4 Å². The number of anilines is 2. The van der Waals surface area contributed by atoms with Crippen molar-refractivity contribution >= 4 is 22.8 Å². The van der Waals surface area contributed by atoms with E-state index < -0.39 is 5.60 Å². The predicted molar refractivity (Wildman–Crippen MR) is 99.2 cm³/mol. The molecule has 0 atom stereocenters. The Kier molecular flexibility index (Phi) is 6.07. The van der Waals surface area contributed by atoms with Crippen molar-refractivity contribution in [1.29, 1.82) is 0 Å². The third kappa shape index (κ3) is 4.73. The predicted octanol–water partition coefficient (Wildman–Crippen LogP) is 1.66. The van der Waals surface area contributed by atoms with Crippen molar-refractivity contribution in [2.75, 3.05) is 44.5 Å². The van der Waals surface area contributed by atoms with Crippen LogP contribution in [-0.4, -0.2) is 59.2 Å². The second-order valence-electron chi connectivity index (χ2n) is 6.79. The molecule has 25 heavy (non-hydrogen) atoms. The van der Waals surface area contributed by atoms with Crippen LogP contribution in [0.1, 0.15) is 27.2 Å². The maximum Gasteiger partial charge on any atom is 0.217 e. The zero-order chi connectivity index (χ0) is 18.6. The van der Waals surface area contributed by atoms with Crippen molar-refractivity contribution in [1.82, 2.24) is 14.5 Å². The summed E-state index contributed by atoms with van der Waals surface area (Å²) < 4.78 is 12.6. The monoisotopic (exact) mass is 351 g/mol. The Labute approximate surface area is 148 Å². The van der Waals surface area contributed by atoms with Crippen LogP contribution >= 0.6 is 0 Å². The van der Waals surface area contributed by atoms with Gasteiger partial charge in [0.15, 0.2) is 5.82 Å². The molecule has 8 nitrogen and oxygen atoms in total. The van der Waals surface area contributed by atoms with Gasteiger partial charge in [0, 0.05) is 26.8 Å². The lowest BCUT2D eigenvalue weighted by Gasteiger charge is -2.24. The molecular formula is C17H29N5O3. The Bertz CT molecular complexity index is 708. The maximum atomic E-state index is 10.3. The minimum absolute atomic E-state index is 0.311. The van der Waals surface area contributed by atoms with E-state index in [4.69, 9.17) is 15.2 Å². The van der Waals surface area contributed by atoms with E-state index in [1.54, 1.807) is 21.0 Å². The molecule has 0 spiro atoms. The summed E-state index contributed by atoms with van der Waals surface area (Å²) in [6.45, 7) is 7.72. The third-order valence-corrected chi connectivity index (χ3v) is 3.70. The number of fused-ring (bicyclic) bond motifs is 1. The summed E-state index contributed by atoms with van der Waals surface area (Å²) in [7, 11) is 3.59. The van der Waals surface area contributed by atoms with Gasteiger partial charge in [-0.3, -0.25) is 0 Å². The molecule has 0 unspecified atom stereocenters. The average molecular weight is 351 g/mol. The van der Waals surface area contributed by atoms with Crippen LogP contribution in [0.5, 0.6) is 5.88 Å². The molecule has 0 saturated carbocycles. The number of nitrogens with two attached hydrogens (primary N) is 1. The first-order valence-corrected chi connectivity index (χ1v) is 8.48. The maximum absolute atomic E-state index is 10.3. The number of imidazole rings is 1. The molecule has 0 bridgehead atoms. The summed E-state index contributed by atoms with van der Waals surface area (Å²) in [6.07, 6.45) is 0.987. The topological polar surface area (TPSA) is 98.7 Å². The first-order chi connectivity index (χ1) is 11.8. The van der Waals surface area contributed by atoms with Crippen molar-refractivity contribution in [3.8, 4) is 5.88 Å². The first kappa shape index (κ1) is 19.3. The number of nitrogen functional groups attached to an aromatic ring is 1. The number of pyridine rings is 1. The highest BCUT2D eigenvalue weighted by molar-refractivity contribution is 5.88. The Balaban J connectivity index is 2.52. The fourth-order valence-electron chi connectivity index (χ4n) is 2.68. The molecule has 2 aromatic heterocycles. The lowest BCUT2D eigenvalue weighted by atomic mass is 10.1. The van der Waals surface area contributed by atoms with E-state index in [-0.39, 0.29) is 0 Å². The fourth-order valence-corrected chi connectivity index (χ4v) is 2.68. The van der Waals surface area contributed by atoms with Gasteiger partial charge >= 0.3 is 0 Å². The summed E-state index contributed by atoms with van der Waals surface area (Å²) in [6, 6.07) is 1.81. The highest BCUT2D eigenvalue weighted by atomic mass is 16.5. The number of hydrogen-bond acceptors (Lipinski definition) is 7. The molecule has 2 heterocycles. The van der Waals surface area contributed by atoms with Gasteiger partial charge in [0.1, 0.15) is 12.1 Å². The van der Waals surface area contributed by atoms with Gasteiger partial charge in [-0.05, 0) is 20.3 Å². The standard InChI is InChI=1S/C17H29N5O3/c1-6-7-21(4)16-20-14-12(22(16)11-17(2,3)23)10-13(19-15(14)18)25-9-8-24-5/h10,23H,6-9,11H2,1-5H3,(H2,18,19). The summed E-state index contributed by atoms with van der Waals surface area (Å²) in [5.74, 6) is 1.48. The molecule has 0 fully saturated rings. The SMILES string of the molecule is CCCN(C)c1nc2c(N)nc(OCCOC)cc2n1CC(C)(C)O. The van der Waals surface area contributed by atoms with Gasteiger partial charge < -0.3 is 29.8 Å². The van der Waals surface area contributed by atoms with Crippen LogP contribution in [0.2, 0.25) is 0 Å². The number of aliphatic hydroxyl groups is 1. The Morgan fingerprint density at radius 3 is 2.64 bits per heavy atom. The van der Waals surface area contributed by atoms with Gasteiger partial charge in [0.25, 0.3) is 0 Å². The molecule has 2 rings (SSSR count). The molecule has 140 valence electrons. The second-order valence-corrected chi connectivity index (χ2v) is 6.79. The molecule has 3 N–H and O–H groups in total. The van der Waals surface area contributed by atoms with E-state index >= 15 is 0 Å². The molecule has 0 amide bonds. The molecule has 0 saturated heterocycles. The highest BCUT2D eigenvalue weighted by Gasteiger charge is 2.23. The Morgan fingerprint density at radius 1 is 1.32 bits per heavy atom. The van der Waals surface area contributed by atoms with Crippen LogP contribution in [0.15, 0.2) is 6.07 Å². The van der Waals surface area contributed by atoms with E-state index in [9.17, 15) is 5.11 Å². The number of methoxy groups -OCH3 is 1. The molecule has 0 radical (unpaired) electrons. The fraction of sp³-hybridized carbons (Fsp3) is 0.647. The zero-order valence-corrected chi connectivity index (χ0v) is 15.7. The third-order valence-electron chi connectivity index (χ3n) is 3.70. The molecule has 0 aliphatic carbocycles. The van der Waals surface area contributed by atoms with Crippen LogP contribution in [-0.2, 0) is 11.3 Å². The second kappa shape index (κ2) is 7.88. The van der Waals surface area contributed by atoms with Gasteiger partial charge in [0.2, 0.25) is 11.8 Å². The molecule has 0 aliphatic heterocycles. The smallest absolute Gasteiger partial charge is 0.217 e. The van der Waals surface area contributed by atoms with Gasteiger partial charge in [0.05, 0.1) is 24.3 Å². The quantitative estimate of drug-likeness (QED) is 0.663. The van der Waals surface area contributed by atoms with Crippen LogP contribution in [0.4, 0.5) is 11.8 Å². The van der Waals surface area contributed by atoms with Crippen molar-refractivity contribution < 1.29 is 14.6 Å². The zero-order valence-electron chi connectivity index (χ0n) is 15.7. The van der Waals surface area contributed by atoms with Gasteiger partial charge in [-0.25, -0.2) is 4.98 Å². The highest BCUT2D eigenvalue weighted by Crippen LogP contribution is 2.30. The first-order valence-electron chi connectivity index (χ1n) is 8.48. The molecule has 2 aromatic rings. The number of hydrogen-bond donors (Lipinski definition) is 2. The molecular weight excluding hydrogens is 322 g/mol. The molecule has 0 aliphatic rings. The van der Waals surface area contributed by atoms with Crippen molar-refractivity contribution in [2.45, 2.75) is 39.3 Å². The van der Waals surface area contributed by atoms with Crippen LogP contribution in [0, 0.1) is 0 Å². The minimum atomic E-state index is -0.898. The van der Waals surface area contributed by atoms with E-state index in [1.807, 2.05) is 17.7 Å². The van der Waals surface area contributed by atoms with Gasteiger partial charge in [-0.1, -0.05) is 6.92 Å². The number of aromatic nitrogens is 3. The van der Waals surface area contributed by atoms with Crippen molar-refractivity contribution in [2.24, 2.45) is 0 Å². The van der Waals surface area contributed by atoms with Gasteiger partial charge in [-0.2, -0.15) is 4.98 Å². The summed E-state index contributed by atoms with van der Waals surface area (Å²) >= 11 is 0. The Morgan fingerprint density at radius 2 is 2.04 bits per heavy atom. The normalized spacial score (nSPS) is 11.9. The van der Waals surface area contributed by atoms with E-state index in [1.165, 1.54) is 0 Å². The van der Waals surface area contributed by atoms with E-state index in [2.05, 4.69) is 21.8 Å². The van der Waals surface area contributed by atoms with Crippen LogP contribution in [0.25, 0.3) is 11.0 Å². The summed E-state index contributed by atoms with van der Waals surface area (Å²) in [5, 5.41) is 10.3. The average Bonchev–Trinajstić information content (AvgIpc) is 2.85. The summed E-state index contributed by atoms with van der Waals surface area (Å²) in [5.41, 5.74) is 6.61. The number of ether oxygens (including phenoxy) is 2. The lowest BCUT2D eigenvalue weighted by molar-refractivity contribution is 0.0630. The van der Waals surface area contributed by atoms with Gasteiger partial charge in [-0.15, -0.1) is 0 Å². The summed E-state index contributed by atoms with van der Waals surface area (Å²) in [4.78, 5) is 11.0.